The quantitative estimate of drug-likeness (QED) is 0.727. The zero-order valence-electron chi connectivity index (χ0n) is 15.1. The maximum Gasteiger partial charge on any atom is 0.240 e. The minimum atomic E-state index is -3.46. The van der Waals surface area contributed by atoms with E-state index in [2.05, 4.69) is 10.0 Å². The molecular formula is C20H23FN2O3S. The number of carbonyl (C=O) groups excluding carboxylic acids is 1. The van der Waals surface area contributed by atoms with Crippen LogP contribution in [0.3, 0.4) is 0 Å². The van der Waals surface area contributed by atoms with E-state index >= 15 is 0 Å². The molecule has 0 radical (unpaired) electrons. The van der Waals surface area contributed by atoms with E-state index in [1.165, 1.54) is 12.1 Å². The van der Waals surface area contributed by atoms with E-state index in [0.717, 1.165) is 18.4 Å². The normalized spacial score (nSPS) is 15.3. The lowest BCUT2D eigenvalue weighted by atomic mass is 10.1. The molecule has 2 aromatic rings. The summed E-state index contributed by atoms with van der Waals surface area (Å²) in [7, 11) is -3.46. The van der Waals surface area contributed by atoms with Gasteiger partial charge in [-0.15, -0.1) is 0 Å². The van der Waals surface area contributed by atoms with Crippen molar-refractivity contribution in [3.63, 3.8) is 0 Å². The van der Waals surface area contributed by atoms with Crippen LogP contribution in [0.15, 0.2) is 53.4 Å². The van der Waals surface area contributed by atoms with Gasteiger partial charge in [0.05, 0.1) is 10.9 Å². The minimum absolute atomic E-state index is 0.0680. The van der Waals surface area contributed by atoms with Gasteiger partial charge in [0.15, 0.2) is 0 Å². The monoisotopic (exact) mass is 390 g/mol. The topological polar surface area (TPSA) is 75.3 Å². The highest BCUT2D eigenvalue weighted by atomic mass is 32.2. The number of benzene rings is 2. The summed E-state index contributed by atoms with van der Waals surface area (Å²) in [6.07, 6.45) is 2.55. The third-order valence-corrected chi connectivity index (χ3v) is 6.04. The third kappa shape index (κ3) is 5.61. The lowest BCUT2D eigenvalue weighted by Crippen LogP contribution is -2.27. The number of carbonyl (C=O) groups is 1. The number of halogens is 1. The average molecular weight is 390 g/mol. The van der Waals surface area contributed by atoms with Gasteiger partial charge >= 0.3 is 0 Å². The van der Waals surface area contributed by atoms with Crippen LogP contribution >= 0.6 is 0 Å². The third-order valence-electron chi connectivity index (χ3n) is 4.50. The highest BCUT2D eigenvalue weighted by Crippen LogP contribution is 2.22. The summed E-state index contributed by atoms with van der Waals surface area (Å²) < 4.78 is 40.2. The molecule has 1 unspecified atom stereocenters. The molecule has 0 heterocycles. The summed E-state index contributed by atoms with van der Waals surface area (Å²) in [5, 5.41) is 2.85. The van der Waals surface area contributed by atoms with E-state index in [1.807, 2.05) is 0 Å². The Labute approximate surface area is 159 Å². The first-order chi connectivity index (χ1) is 12.8. The van der Waals surface area contributed by atoms with Gasteiger partial charge in [-0.25, -0.2) is 17.5 Å². The van der Waals surface area contributed by atoms with Crippen molar-refractivity contribution >= 4 is 15.9 Å². The zero-order chi connectivity index (χ0) is 19.4. The van der Waals surface area contributed by atoms with Crippen LogP contribution < -0.4 is 10.0 Å². The highest BCUT2D eigenvalue weighted by molar-refractivity contribution is 7.89. The van der Waals surface area contributed by atoms with Crippen LogP contribution in [0.4, 0.5) is 4.39 Å². The molecule has 0 spiro atoms. The minimum Gasteiger partial charge on any atom is -0.350 e. The van der Waals surface area contributed by atoms with Gasteiger partial charge in [0.1, 0.15) is 5.82 Å². The van der Waals surface area contributed by atoms with E-state index in [1.54, 1.807) is 43.3 Å². The van der Waals surface area contributed by atoms with Crippen molar-refractivity contribution in [3.8, 4) is 0 Å². The molecule has 144 valence electrons. The van der Waals surface area contributed by atoms with Crippen LogP contribution in [-0.2, 0) is 21.2 Å². The largest absolute Gasteiger partial charge is 0.350 e. The van der Waals surface area contributed by atoms with Crippen molar-refractivity contribution in [2.75, 3.05) is 0 Å². The van der Waals surface area contributed by atoms with Gasteiger partial charge in [0.2, 0.25) is 15.9 Å². The van der Waals surface area contributed by atoms with Crippen LogP contribution in [0, 0.1) is 5.82 Å². The van der Waals surface area contributed by atoms with E-state index in [-0.39, 0.29) is 35.1 Å². The zero-order valence-corrected chi connectivity index (χ0v) is 15.9. The van der Waals surface area contributed by atoms with Crippen molar-refractivity contribution < 1.29 is 17.6 Å². The van der Waals surface area contributed by atoms with Crippen LogP contribution in [0.5, 0.6) is 0 Å². The number of rotatable bonds is 8. The second-order valence-corrected chi connectivity index (χ2v) is 8.60. The summed E-state index contributed by atoms with van der Waals surface area (Å²) in [5.74, 6) is -0.473. The lowest BCUT2D eigenvalue weighted by Gasteiger charge is -2.14. The van der Waals surface area contributed by atoms with Crippen LogP contribution in [0.1, 0.15) is 43.4 Å². The molecule has 3 rings (SSSR count). The molecule has 0 aliphatic heterocycles. The molecule has 5 nitrogen and oxygen atoms in total. The Morgan fingerprint density at radius 3 is 2.52 bits per heavy atom. The molecule has 1 fully saturated rings. The number of sulfonamides is 1. The Hall–Kier alpha value is -2.25. The predicted molar refractivity (Wildman–Crippen MR) is 101 cm³/mol. The molecule has 7 heteroatoms. The first-order valence-corrected chi connectivity index (χ1v) is 10.5. The van der Waals surface area contributed by atoms with E-state index < -0.39 is 10.0 Å². The lowest BCUT2D eigenvalue weighted by molar-refractivity contribution is -0.121. The summed E-state index contributed by atoms with van der Waals surface area (Å²) in [5.41, 5.74) is 1.59. The molecule has 1 aliphatic rings. The number of hydrogen-bond acceptors (Lipinski definition) is 3. The Balaban J connectivity index is 1.51. The first kappa shape index (κ1) is 19.5. The summed E-state index contributed by atoms with van der Waals surface area (Å²) in [4.78, 5) is 12.4. The molecule has 1 saturated carbocycles. The van der Waals surface area contributed by atoms with Gasteiger partial charge in [-0.2, -0.15) is 0 Å². The van der Waals surface area contributed by atoms with Crippen molar-refractivity contribution in [1.82, 2.24) is 10.0 Å². The van der Waals surface area contributed by atoms with Gasteiger partial charge in [0, 0.05) is 12.5 Å². The Morgan fingerprint density at radius 1 is 1.19 bits per heavy atom. The van der Waals surface area contributed by atoms with E-state index in [4.69, 9.17) is 0 Å². The van der Waals surface area contributed by atoms with Crippen LogP contribution in [0.2, 0.25) is 0 Å². The Kier molecular flexibility index (Phi) is 5.92. The van der Waals surface area contributed by atoms with E-state index in [9.17, 15) is 17.6 Å². The predicted octanol–water partition coefficient (Wildman–Crippen LogP) is 3.08. The second kappa shape index (κ2) is 8.19. The first-order valence-electron chi connectivity index (χ1n) is 8.99. The fourth-order valence-corrected chi connectivity index (χ4v) is 4.06. The molecule has 2 N–H and O–H groups in total. The van der Waals surface area contributed by atoms with Crippen LogP contribution in [-0.4, -0.2) is 20.4 Å². The van der Waals surface area contributed by atoms with Crippen molar-refractivity contribution in [1.29, 1.82) is 0 Å². The molecule has 1 atom stereocenters. The SMILES string of the molecule is CC(NC(=O)CCc1ccc(S(=O)(=O)NC2CC2)cc1)c1cccc(F)c1. The Bertz CT molecular complexity index is 909. The summed E-state index contributed by atoms with van der Waals surface area (Å²) in [6, 6.07) is 12.5. The smallest absolute Gasteiger partial charge is 0.240 e. The maximum atomic E-state index is 13.3. The van der Waals surface area contributed by atoms with E-state index in [0.29, 0.717) is 12.0 Å². The van der Waals surface area contributed by atoms with Gasteiger partial charge in [0.25, 0.3) is 0 Å². The number of aryl methyl sites for hydroxylation is 1. The molecule has 27 heavy (non-hydrogen) atoms. The molecule has 0 bridgehead atoms. The average Bonchev–Trinajstić information content (AvgIpc) is 3.43. The molecule has 1 amide bonds. The fourth-order valence-electron chi connectivity index (χ4n) is 2.75. The number of nitrogens with one attached hydrogen (secondary N) is 2. The summed E-state index contributed by atoms with van der Waals surface area (Å²) >= 11 is 0. The van der Waals surface area contributed by atoms with Crippen molar-refractivity contribution in [2.45, 2.75) is 49.6 Å². The Morgan fingerprint density at radius 2 is 1.89 bits per heavy atom. The molecule has 0 aromatic heterocycles. The molecule has 1 aliphatic carbocycles. The number of amides is 1. The highest BCUT2D eigenvalue weighted by Gasteiger charge is 2.27. The van der Waals surface area contributed by atoms with Crippen molar-refractivity contribution in [2.24, 2.45) is 0 Å². The summed E-state index contributed by atoms with van der Waals surface area (Å²) in [6.45, 7) is 1.80. The molecular weight excluding hydrogens is 367 g/mol. The maximum absolute atomic E-state index is 13.3. The van der Waals surface area contributed by atoms with Gasteiger partial charge in [-0.3, -0.25) is 4.79 Å². The second-order valence-electron chi connectivity index (χ2n) is 6.88. The number of hydrogen-bond donors (Lipinski definition) is 2. The molecule has 0 saturated heterocycles. The fraction of sp³-hybridized carbons (Fsp3) is 0.350. The standard InChI is InChI=1S/C20H23FN2O3S/c1-14(16-3-2-4-17(21)13-16)22-20(24)12-7-15-5-10-19(11-6-15)27(25,26)23-18-8-9-18/h2-6,10-11,13-14,18,23H,7-9,12H2,1H3,(H,22,24). The van der Waals surface area contributed by atoms with Crippen molar-refractivity contribution in [3.05, 3.63) is 65.5 Å². The molecule has 2 aromatic carbocycles. The van der Waals surface area contributed by atoms with Gasteiger partial charge < -0.3 is 5.32 Å². The van der Waals surface area contributed by atoms with Crippen LogP contribution in [0.25, 0.3) is 0 Å². The van der Waals surface area contributed by atoms with Gasteiger partial charge in [-0.05, 0) is 61.6 Å². The van der Waals surface area contributed by atoms with Gasteiger partial charge in [-0.1, -0.05) is 24.3 Å².